The third-order valence-corrected chi connectivity index (χ3v) is 5.53. The highest BCUT2D eigenvalue weighted by Gasteiger charge is 2.05. The summed E-state index contributed by atoms with van der Waals surface area (Å²) in [6.45, 7) is 13.2. The number of hydrogen-bond donors (Lipinski definition) is 1. The van der Waals surface area contributed by atoms with Crippen molar-refractivity contribution >= 4 is 10.1 Å². The predicted octanol–water partition coefficient (Wildman–Crippen LogP) is 4.20. The lowest BCUT2D eigenvalue weighted by Crippen LogP contribution is -3.12. The zero-order valence-corrected chi connectivity index (χ0v) is 18.7. The molecule has 158 valence electrons. The minimum atomic E-state index is -4.29. The smallest absolute Gasteiger partial charge is 0.124 e. The molecule has 0 fully saturated rings. The van der Waals surface area contributed by atoms with Gasteiger partial charge in [-0.25, -0.2) is 8.42 Å². The van der Waals surface area contributed by atoms with Crippen LogP contribution in [0.15, 0.2) is 29.2 Å². The summed E-state index contributed by atoms with van der Waals surface area (Å²) in [4.78, 5) is 1.68. The lowest BCUT2D eigenvalue weighted by molar-refractivity contribution is -0.900. The number of unbranched alkanes of at least 4 members (excludes halogenated alkanes) is 4. The van der Waals surface area contributed by atoms with E-state index in [1.807, 2.05) is 4.90 Å². The van der Waals surface area contributed by atoms with Crippen molar-refractivity contribution in [3.05, 3.63) is 29.8 Å². The first kappa shape index (κ1) is 26.1. The van der Waals surface area contributed by atoms with E-state index in [1.165, 1.54) is 70.3 Å². The summed E-state index contributed by atoms with van der Waals surface area (Å²) in [5, 5.41) is 0. The van der Waals surface area contributed by atoms with E-state index in [1.54, 1.807) is 12.1 Å². The molecule has 0 saturated heterocycles. The summed E-state index contributed by atoms with van der Waals surface area (Å²) < 4.78 is 31.8. The summed E-state index contributed by atoms with van der Waals surface area (Å²) in [5.41, 5.74) is 1.07. The van der Waals surface area contributed by atoms with Gasteiger partial charge in [0.05, 0.1) is 24.5 Å². The largest absolute Gasteiger partial charge is 0.744 e. The van der Waals surface area contributed by atoms with E-state index in [4.69, 9.17) is 0 Å². The van der Waals surface area contributed by atoms with E-state index in [-0.39, 0.29) is 4.90 Å². The van der Waals surface area contributed by atoms with E-state index in [9.17, 15) is 13.0 Å². The Labute approximate surface area is 168 Å². The van der Waals surface area contributed by atoms with Crippen LogP contribution in [-0.2, 0) is 16.5 Å². The van der Waals surface area contributed by atoms with Crippen molar-refractivity contribution in [2.75, 3.05) is 19.6 Å². The summed E-state index contributed by atoms with van der Waals surface area (Å²) >= 11 is 0. The highest BCUT2D eigenvalue weighted by molar-refractivity contribution is 7.85. The van der Waals surface area contributed by atoms with E-state index >= 15 is 0 Å². The zero-order valence-electron chi connectivity index (χ0n) is 17.9. The monoisotopic (exact) mass is 399 g/mol. The van der Waals surface area contributed by atoms with Gasteiger partial charge in [-0.1, -0.05) is 65.5 Å². The molecule has 0 aromatic heterocycles. The van der Waals surface area contributed by atoms with Crippen LogP contribution in [0.1, 0.15) is 84.6 Å². The van der Waals surface area contributed by atoms with Crippen LogP contribution in [0.5, 0.6) is 0 Å². The Bertz CT molecular complexity index is 536. The SMILES string of the molecule is CCCC[NH+](CCCC)CCCC.CCCCc1ccc(S(=O)(=O)[O-])cc1. The molecule has 1 N–H and O–H groups in total. The molecule has 1 aromatic carbocycles. The number of rotatable bonds is 13. The minimum absolute atomic E-state index is 0.155. The standard InChI is InChI=1S/C12H27N.C10H14O3S/c1-4-7-10-13(11-8-5-2)12-9-6-3;1-2-3-4-9-5-7-10(8-6-9)14(11,12)13/h4-12H2,1-3H3;5-8H,2-4H2,1H3,(H,11,12,13). The molecule has 0 aliphatic rings. The summed E-state index contributed by atoms with van der Waals surface area (Å²) in [6, 6.07) is 6.13. The van der Waals surface area contributed by atoms with Crippen molar-refractivity contribution in [1.82, 2.24) is 0 Å². The van der Waals surface area contributed by atoms with Gasteiger partial charge in [-0.2, -0.15) is 0 Å². The fraction of sp³-hybridized carbons (Fsp3) is 0.727. The summed E-state index contributed by atoms with van der Waals surface area (Å²) in [7, 11) is -4.29. The van der Waals surface area contributed by atoms with Gasteiger partial charge in [0.2, 0.25) is 0 Å². The second-order valence-corrected chi connectivity index (χ2v) is 8.64. The molecule has 0 radical (unpaired) electrons. The van der Waals surface area contributed by atoms with E-state index in [2.05, 4.69) is 27.7 Å². The van der Waals surface area contributed by atoms with Gasteiger partial charge in [-0.3, -0.25) is 0 Å². The lowest BCUT2D eigenvalue weighted by Gasteiger charge is -2.18. The molecule has 1 aromatic rings. The van der Waals surface area contributed by atoms with Crippen molar-refractivity contribution in [1.29, 1.82) is 0 Å². The van der Waals surface area contributed by atoms with E-state index in [0.29, 0.717) is 0 Å². The van der Waals surface area contributed by atoms with Crippen molar-refractivity contribution in [3.63, 3.8) is 0 Å². The summed E-state index contributed by atoms with van der Waals surface area (Å²) in [6.07, 6.45) is 11.4. The van der Waals surface area contributed by atoms with E-state index < -0.39 is 10.1 Å². The predicted molar refractivity (Wildman–Crippen MR) is 113 cm³/mol. The molecule has 1 rings (SSSR count). The first-order valence-electron chi connectivity index (χ1n) is 10.8. The summed E-state index contributed by atoms with van der Waals surface area (Å²) in [5.74, 6) is 0. The first-order chi connectivity index (χ1) is 12.9. The number of nitrogens with one attached hydrogen (secondary N) is 1. The van der Waals surface area contributed by atoms with Crippen molar-refractivity contribution < 1.29 is 17.9 Å². The normalized spacial score (nSPS) is 11.3. The third-order valence-electron chi connectivity index (χ3n) is 4.68. The molecule has 0 aliphatic heterocycles. The topological polar surface area (TPSA) is 61.6 Å². The molecule has 4 nitrogen and oxygen atoms in total. The van der Waals surface area contributed by atoms with Crippen LogP contribution in [0.25, 0.3) is 0 Å². The maximum atomic E-state index is 10.6. The van der Waals surface area contributed by atoms with Gasteiger partial charge >= 0.3 is 0 Å². The second kappa shape index (κ2) is 16.1. The molecular weight excluding hydrogens is 358 g/mol. The third kappa shape index (κ3) is 13.8. The maximum Gasteiger partial charge on any atom is 0.124 e. The molecule has 0 amide bonds. The van der Waals surface area contributed by atoms with Gasteiger partial charge in [-0.05, 0) is 49.8 Å². The van der Waals surface area contributed by atoms with Gasteiger partial charge in [0.25, 0.3) is 0 Å². The molecule has 0 spiro atoms. The van der Waals surface area contributed by atoms with Crippen LogP contribution in [0.4, 0.5) is 0 Å². The Morgan fingerprint density at radius 2 is 1.15 bits per heavy atom. The molecule has 0 unspecified atom stereocenters. The van der Waals surface area contributed by atoms with Gasteiger partial charge in [0.1, 0.15) is 10.1 Å². The van der Waals surface area contributed by atoms with Crippen LogP contribution in [0, 0.1) is 0 Å². The average Bonchev–Trinajstić information content (AvgIpc) is 2.66. The number of hydrogen-bond acceptors (Lipinski definition) is 3. The molecule has 27 heavy (non-hydrogen) atoms. The molecule has 0 aliphatic carbocycles. The zero-order chi connectivity index (χ0) is 20.5. The molecule has 0 heterocycles. The van der Waals surface area contributed by atoms with Gasteiger partial charge in [0.15, 0.2) is 0 Å². The maximum absolute atomic E-state index is 10.6. The van der Waals surface area contributed by atoms with Crippen LogP contribution in [0.3, 0.4) is 0 Å². The second-order valence-electron chi connectivity index (χ2n) is 7.26. The van der Waals surface area contributed by atoms with Crippen LogP contribution < -0.4 is 4.90 Å². The molecule has 5 heteroatoms. The van der Waals surface area contributed by atoms with Crippen LogP contribution >= 0.6 is 0 Å². The number of aryl methyl sites for hydroxylation is 1. The Kier molecular flexibility index (Phi) is 15.5. The van der Waals surface area contributed by atoms with Crippen LogP contribution in [-0.4, -0.2) is 32.6 Å². The van der Waals surface area contributed by atoms with Gasteiger partial charge < -0.3 is 9.45 Å². The first-order valence-corrected chi connectivity index (χ1v) is 12.2. The van der Waals surface area contributed by atoms with Gasteiger partial charge in [0, 0.05) is 0 Å². The fourth-order valence-electron chi connectivity index (χ4n) is 2.86. The fourth-order valence-corrected chi connectivity index (χ4v) is 3.33. The van der Waals surface area contributed by atoms with Crippen molar-refractivity contribution in [2.45, 2.75) is 90.4 Å². The number of quaternary nitrogens is 1. The van der Waals surface area contributed by atoms with Crippen molar-refractivity contribution in [2.24, 2.45) is 0 Å². The average molecular weight is 400 g/mol. The minimum Gasteiger partial charge on any atom is -0.744 e. The molecule has 0 atom stereocenters. The highest BCUT2D eigenvalue weighted by atomic mass is 32.2. The number of benzene rings is 1. The van der Waals surface area contributed by atoms with Gasteiger partial charge in [-0.15, -0.1) is 0 Å². The quantitative estimate of drug-likeness (QED) is 0.506. The highest BCUT2D eigenvalue weighted by Crippen LogP contribution is 2.11. The van der Waals surface area contributed by atoms with E-state index in [0.717, 1.165) is 24.8 Å². The Morgan fingerprint density at radius 1 is 0.741 bits per heavy atom. The van der Waals surface area contributed by atoms with Crippen molar-refractivity contribution in [3.8, 4) is 0 Å². The molecule has 0 bridgehead atoms. The van der Waals surface area contributed by atoms with Crippen LogP contribution in [0.2, 0.25) is 0 Å². The Balaban J connectivity index is 0.000000503. The Hall–Kier alpha value is -0.910. The molecule has 0 saturated carbocycles. The molecular formula is C22H41NO3S. The lowest BCUT2D eigenvalue weighted by atomic mass is 10.1. The Morgan fingerprint density at radius 3 is 1.48 bits per heavy atom.